The number of nitrogens with zero attached hydrogens (tertiary/aromatic N) is 1. The zero-order valence-corrected chi connectivity index (χ0v) is 6.71. The van der Waals surface area contributed by atoms with Crippen LogP contribution in [0.3, 0.4) is 0 Å². The third-order valence-electron chi connectivity index (χ3n) is 1.39. The van der Waals surface area contributed by atoms with E-state index in [1.54, 1.807) is 12.1 Å². The Bertz CT molecular complexity index is 394. The Morgan fingerprint density at radius 2 is 2.25 bits per heavy atom. The third-order valence-corrected chi connectivity index (χ3v) is 1.60. The van der Waals surface area contributed by atoms with Crippen LogP contribution in [0.2, 0.25) is 5.22 Å². The average molecular weight is 185 g/mol. The maximum Gasteiger partial charge on any atom is 0.224 e. The molecule has 0 bridgehead atoms. The van der Waals surface area contributed by atoms with Gasteiger partial charge in [-0.25, -0.2) is 0 Å². The monoisotopic (exact) mass is 184 g/mol. The number of nitrogens with two attached hydrogens (primary N) is 1. The number of aromatic nitrogens is 1. The summed E-state index contributed by atoms with van der Waals surface area (Å²) in [5.74, 6) is 0.886. The van der Waals surface area contributed by atoms with E-state index in [1.165, 1.54) is 6.20 Å². The molecule has 0 radical (unpaired) electrons. The van der Waals surface area contributed by atoms with Gasteiger partial charge in [0.15, 0.2) is 11.0 Å². The molecule has 0 aromatic carbocycles. The van der Waals surface area contributed by atoms with Gasteiger partial charge in [-0.2, -0.15) is 0 Å². The summed E-state index contributed by atoms with van der Waals surface area (Å²) < 4.78 is 9.90. The summed E-state index contributed by atoms with van der Waals surface area (Å²) >= 11 is 5.56. The fourth-order valence-corrected chi connectivity index (χ4v) is 1.02. The number of nitrogen functional groups attached to an aromatic ring is 1. The van der Waals surface area contributed by atoms with Gasteiger partial charge in [0.25, 0.3) is 0 Å². The lowest BCUT2D eigenvalue weighted by Crippen LogP contribution is -1.82. The zero-order valence-electron chi connectivity index (χ0n) is 5.95. The van der Waals surface area contributed by atoms with Crippen LogP contribution in [0, 0.1) is 0 Å². The van der Waals surface area contributed by atoms with Crippen molar-refractivity contribution >= 4 is 17.3 Å². The highest BCUT2D eigenvalue weighted by atomic mass is 35.5. The molecule has 12 heavy (non-hydrogen) atoms. The first-order valence-corrected chi connectivity index (χ1v) is 3.61. The van der Waals surface area contributed by atoms with E-state index in [2.05, 4.69) is 5.16 Å². The molecule has 0 amide bonds. The highest BCUT2D eigenvalue weighted by Gasteiger charge is 2.11. The second kappa shape index (κ2) is 2.57. The van der Waals surface area contributed by atoms with Crippen molar-refractivity contribution in [2.75, 3.05) is 5.73 Å². The maximum absolute atomic E-state index is 5.56. The number of hydrogen-bond acceptors (Lipinski definition) is 4. The minimum absolute atomic E-state index is 0.292. The Morgan fingerprint density at radius 1 is 1.42 bits per heavy atom. The fraction of sp³-hybridized carbons (Fsp3) is 0. The Balaban J connectivity index is 2.50. The molecule has 0 saturated heterocycles. The Morgan fingerprint density at radius 3 is 2.75 bits per heavy atom. The van der Waals surface area contributed by atoms with E-state index in [0.717, 1.165) is 0 Å². The largest absolute Gasteiger partial charge is 0.441 e. The SMILES string of the molecule is Nc1cnoc1-c1ccc(Cl)o1. The van der Waals surface area contributed by atoms with Crippen LogP contribution in [0.15, 0.2) is 27.3 Å². The summed E-state index contributed by atoms with van der Waals surface area (Å²) in [6.45, 7) is 0. The van der Waals surface area contributed by atoms with E-state index >= 15 is 0 Å². The third kappa shape index (κ3) is 1.06. The molecule has 2 N–H and O–H groups in total. The minimum atomic E-state index is 0.292. The van der Waals surface area contributed by atoms with Gasteiger partial charge >= 0.3 is 0 Å². The van der Waals surface area contributed by atoms with Crippen molar-refractivity contribution in [2.24, 2.45) is 0 Å². The number of anilines is 1. The van der Waals surface area contributed by atoms with Crippen molar-refractivity contribution in [3.63, 3.8) is 0 Å². The molecule has 2 rings (SSSR count). The lowest BCUT2D eigenvalue weighted by Gasteiger charge is -1.88. The molecule has 0 fully saturated rings. The second-order valence-corrected chi connectivity index (χ2v) is 2.59. The first-order valence-electron chi connectivity index (χ1n) is 3.23. The Kier molecular flexibility index (Phi) is 1.55. The van der Waals surface area contributed by atoms with E-state index < -0.39 is 0 Å². The smallest absolute Gasteiger partial charge is 0.224 e. The van der Waals surface area contributed by atoms with Crippen LogP contribution in [0.25, 0.3) is 11.5 Å². The fourth-order valence-electron chi connectivity index (χ4n) is 0.871. The van der Waals surface area contributed by atoms with E-state index in [4.69, 9.17) is 26.3 Å². The van der Waals surface area contributed by atoms with Gasteiger partial charge in [-0.1, -0.05) is 5.16 Å². The predicted octanol–water partition coefficient (Wildman–Crippen LogP) is 2.17. The summed E-state index contributed by atoms with van der Waals surface area (Å²) in [6, 6.07) is 3.28. The number of halogens is 1. The van der Waals surface area contributed by atoms with Gasteiger partial charge in [-0.3, -0.25) is 0 Å². The standard InChI is InChI=1S/C7H5ClN2O2/c8-6-2-1-5(11-6)7-4(9)3-10-12-7/h1-3H,9H2. The van der Waals surface area contributed by atoms with Crippen molar-refractivity contribution in [3.8, 4) is 11.5 Å². The molecule has 0 unspecified atom stereocenters. The molecule has 5 heteroatoms. The number of furan rings is 1. The lowest BCUT2D eigenvalue weighted by molar-refractivity contribution is 0.418. The van der Waals surface area contributed by atoms with Crippen LogP contribution < -0.4 is 5.73 Å². The highest BCUT2D eigenvalue weighted by molar-refractivity contribution is 6.29. The van der Waals surface area contributed by atoms with E-state index in [-0.39, 0.29) is 0 Å². The molecule has 2 heterocycles. The zero-order chi connectivity index (χ0) is 8.55. The summed E-state index contributed by atoms with van der Waals surface area (Å²) in [4.78, 5) is 0. The summed E-state index contributed by atoms with van der Waals surface area (Å²) in [6.07, 6.45) is 1.41. The van der Waals surface area contributed by atoms with Crippen molar-refractivity contribution in [1.82, 2.24) is 5.16 Å². The molecule has 0 aliphatic carbocycles. The number of rotatable bonds is 1. The molecule has 2 aromatic rings. The average Bonchev–Trinajstić information content (AvgIpc) is 2.58. The quantitative estimate of drug-likeness (QED) is 0.738. The molecule has 0 atom stereocenters. The lowest BCUT2D eigenvalue weighted by atomic mass is 10.3. The van der Waals surface area contributed by atoms with Gasteiger partial charge in [-0.05, 0) is 23.7 Å². The van der Waals surface area contributed by atoms with Gasteiger partial charge in [0.2, 0.25) is 5.76 Å². The molecular formula is C7H5ClN2O2. The van der Waals surface area contributed by atoms with Crippen molar-refractivity contribution < 1.29 is 8.94 Å². The number of hydrogen-bond donors (Lipinski definition) is 1. The maximum atomic E-state index is 5.56. The topological polar surface area (TPSA) is 65.2 Å². The Labute approximate surface area is 72.9 Å². The summed E-state index contributed by atoms with van der Waals surface area (Å²) in [5, 5.41) is 3.80. The molecule has 2 aromatic heterocycles. The first-order chi connectivity index (χ1) is 5.77. The molecule has 62 valence electrons. The van der Waals surface area contributed by atoms with E-state index in [9.17, 15) is 0 Å². The van der Waals surface area contributed by atoms with Crippen LogP contribution in [0.1, 0.15) is 0 Å². The van der Waals surface area contributed by atoms with Crippen LogP contribution in [0.5, 0.6) is 0 Å². The van der Waals surface area contributed by atoms with Gasteiger partial charge in [0.05, 0.1) is 6.20 Å². The molecule has 0 aliphatic rings. The molecule has 0 spiro atoms. The summed E-state index contributed by atoms with van der Waals surface area (Å²) in [5.41, 5.74) is 5.95. The van der Waals surface area contributed by atoms with E-state index in [0.29, 0.717) is 22.4 Å². The van der Waals surface area contributed by atoms with Crippen molar-refractivity contribution in [3.05, 3.63) is 23.5 Å². The Hall–Kier alpha value is -1.42. The van der Waals surface area contributed by atoms with Crippen LogP contribution in [-0.2, 0) is 0 Å². The normalized spacial score (nSPS) is 10.4. The molecule has 4 nitrogen and oxygen atoms in total. The van der Waals surface area contributed by atoms with E-state index in [1.807, 2.05) is 0 Å². The van der Waals surface area contributed by atoms with Gasteiger partial charge < -0.3 is 14.7 Å². The second-order valence-electron chi connectivity index (χ2n) is 2.21. The predicted molar refractivity (Wildman–Crippen MR) is 43.6 cm³/mol. The highest BCUT2D eigenvalue weighted by Crippen LogP contribution is 2.28. The minimum Gasteiger partial charge on any atom is -0.441 e. The van der Waals surface area contributed by atoms with Crippen LogP contribution >= 0.6 is 11.6 Å². The molecular weight excluding hydrogens is 180 g/mol. The van der Waals surface area contributed by atoms with Gasteiger partial charge in [-0.15, -0.1) is 0 Å². The molecule has 0 aliphatic heterocycles. The molecule has 0 saturated carbocycles. The van der Waals surface area contributed by atoms with Crippen molar-refractivity contribution in [1.29, 1.82) is 0 Å². The van der Waals surface area contributed by atoms with Gasteiger partial charge in [0.1, 0.15) is 5.69 Å². The van der Waals surface area contributed by atoms with Gasteiger partial charge in [0, 0.05) is 0 Å². The summed E-state index contributed by atoms with van der Waals surface area (Å²) in [7, 11) is 0. The first kappa shape index (κ1) is 7.24. The van der Waals surface area contributed by atoms with Crippen LogP contribution in [0.4, 0.5) is 5.69 Å². The van der Waals surface area contributed by atoms with Crippen molar-refractivity contribution in [2.45, 2.75) is 0 Å². The van der Waals surface area contributed by atoms with Crippen LogP contribution in [-0.4, -0.2) is 5.16 Å².